The zero-order valence-corrected chi connectivity index (χ0v) is 12.5. The van der Waals surface area contributed by atoms with Crippen LogP contribution < -0.4 is 15.2 Å². The van der Waals surface area contributed by atoms with Crippen LogP contribution in [0.25, 0.3) is 0 Å². The Bertz CT molecular complexity index is 586. The van der Waals surface area contributed by atoms with Gasteiger partial charge in [0.2, 0.25) is 0 Å². The van der Waals surface area contributed by atoms with Gasteiger partial charge in [-0.3, -0.25) is 4.68 Å². The SMILES string of the molecule is COc1cnn(C)c1C(N)C(C)Oc1cccc(Cl)c1. The van der Waals surface area contributed by atoms with E-state index in [1.54, 1.807) is 30.1 Å². The van der Waals surface area contributed by atoms with Crippen molar-refractivity contribution >= 4 is 11.6 Å². The Morgan fingerprint density at radius 2 is 2.15 bits per heavy atom. The van der Waals surface area contributed by atoms with E-state index in [4.69, 9.17) is 26.8 Å². The molecule has 0 aliphatic rings. The molecule has 6 heteroatoms. The maximum absolute atomic E-state index is 6.25. The number of aryl methyl sites for hydroxylation is 1. The van der Waals surface area contributed by atoms with Crippen LogP contribution in [-0.2, 0) is 7.05 Å². The van der Waals surface area contributed by atoms with Crippen LogP contribution in [0.2, 0.25) is 5.02 Å². The molecule has 5 nitrogen and oxygen atoms in total. The number of ether oxygens (including phenoxy) is 2. The molecule has 0 saturated heterocycles. The second kappa shape index (κ2) is 6.15. The maximum Gasteiger partial charge on any atom is 0.161 e. The van der Waals surface area contributed by atoms with Crippen LogP contribution in [0.5, 0.6) is 11.5 Å². The molecule has 0 radical (unpaired) electrons. The van der Waals surface area contributed by atoms with Crippen LogP contribution in [0.1, 0.15) is 18.7 Å². The summed E-state index contributed by atoms with van der Waals surface area (Å²) >= 11 is 5.93. The van der Waals surface area contributed by atoms with Crippen molar-refractivity contribution in [3.63, 3.8) is 0 Å². The molecule has 1 aromatic carbocycles. The number of hydrogen-bond donors (Lipinski definition) is 1. The first kappa shape index (κ1) is 14.7. The molecule has 0 saturated carbocycles. The summed E-state index contributed by atoms with van der Waals surface area (Å²) in [7, 11) is 3.42. The lowest BCUT2D eigenvalue weighted by atomic mass is 10.1. The number of methoxy groups -OCH3 is 1. The van der Waals surface area contributed by atoms with Gasteiger partial charge in [-0.2, -0.15) is 5.10 Å². The summed E-state index contributed by atoms with van der Waals surface area (Å²) in [4.78, 5) is 0. The lowest BCUT2D eigenvalue weighted by molar-refractivity contribution is 0.184. The molecule has 20 heavy (non-hydrogen) atoms. The molecule has 1 aromatic heterocycles. The maximum atomic E-state index is 6.25. The Balaban J connectivity index is 2.16. The van der Waals surface area contributed by atoms with Gasteiger partial charge in [0.15, 0.2) is 5.75 Å². The Morgan fingerprint density at radius 1 is 1.40 bits per heavy atom. The molecule has 1 heterocycles. The number of nitrogens with zero attached hydrogens (tertiary/aromatic N) is 2. The predicted octanol–water partition coefficient (Wildman–Crippen LogP) is 2.55. The first-order chi connectivity index (χ1) is 9.52. The Morgan fingerprint density at radius 3 is 2.80 bits per heavy atom. The summed E-state index contributed by atoms with van der Waals surface area (Å²) < 4.78 is 12.8. The minimum Gasteiger partial charge on any atom is -0.493 e. The molecule has 0 aliphatic carbocycles. The predicted molar refractivity (Wildman–Crippen MR) is 78.2 cm³/mol. The molecule has 0 aliphatic heterocycles. The van der Waals surface area contributed by atoms with Crippen molar-refractivity contribution in [3.05, 3.63) is 41.2 Å². The van der Waals surface area contributed by atoms with Gasteiger partial charge in [-0.25, -0.2) is 0 Å². The van der Waals surface area contributed by atoms with E-state index in [1.165, 1.54) is 0 Å². The van der Waals surface area contributed by atoms with Gasteiger partial charge in [0.05, 0.1) is 19.3 Å². The zero-order chi connectivity index (χ0) is 14.7. The first-order valence-corrected chi connectivity index (χ1v) is 6.64. The second-order valence-corrected chi connectivity index (χ2v) is 4.96. The van der Waals surface area contributed by atoms with Crippen LogP contribution in [0, 0.1) is 0 Å². The fourth-order valence-electron chi connectivity index (χ4n) is 2.01. The summed E-state index contributed by atoms with van der Waals surface area (Å²) in [6.45, 7) is 1.90. The molecule has 2 aromatic rings. The van der Waals surface area contributed by atoms with E-state index < -0.39 is 0 Å². The average Bonchev–Trinajstić information content (AvgIpc) is 2.79. The summed E-state index contributed by atoms with van der Waals surface area (Å²) in [5, 5.41) is 4.77. The fraction of sp³-hybridized carbons (Fsp3) is 0.357. The molecule has 2 atom stereocenters. The second-order valence-electron chi connectivity index (χ2n) is 4.53. The number of benzene rings is 1. The molecule has 0 amide bonds. The molecule has 108 valence electrons. The van der Waals surface area contributed by atoms with E-state index in [1.807, 2.05) is 26.1 Å². The molecular formula is C14H18ClN3O2. The smallest absolute Gasteiger partial charge is 0.161 e. The Hall–Kier alpha value is -1.72. The highest BCUT2D eigenvalue weighted by atomic mass is 35.5. The molecule has 0 fully saturated rings. The third kappa shape index (κ3) is 3.05. The third-order valence-electron chi connectivity index (χ3n) is 3.11. The highest BCUT2D eigenvalue weighted by molar-refractivity contribution is 6.30. The van der Waals surface area contributed by atoms with Crippen LogP contribution in [0.4, 0.5) is 0 Å². The van der Waals surface area contributed by atoms with Crippen molar-refractivity contribution in [3.8, 4) is 11.5 Å². The molecule has 2 rings (SSSR count). The zero-order valence-electron chi connectivity index (χ0n) is 11.7. The van der Waals surface area contributed by atoms with E-state index in [-0.39, 0.29) is 12.1 Å². The van der Waals surface area contributed by atoms with E-state index in [0.29, 0.717) is 16.5 Å². The monoisotopic (exact) mass is 295 g/mol. The van der Waals surface area contributed by atoms with Gasteiger partial charge in [-0.05, 0) is 25.1 Å². The van der Waals surface area contributed by atoms with Crippen LogP contribution >= 0.6 is 11.6 Å². The standard InChI is InChI=1S/C14H18ClN3O2/c1-9(20-11-6-4-5-10(15)7-11)13(16)14-12(19-3)8-17-18(14)2/h4-9,13H,16H2,1-3H3. The summed E-state index contributed by atoms with van der Waals surface area (Å²) in [5.74, 6) is 1.34. The highest BCUT2D eigenvalue weighted by Crippen LogP contribution is 2.27. The molecule has 2 N–H and O–H groups in total. The van der Waals surface area contributed by atoms with Gasteiger partial charge in [0.25, 0.3) is 0 Å². The van der Waals surface area contributed by atoms with Crippen LogP contribution in [-0.4, -0.2) is 23.0 Å². The molecular weight excluding hydrogens is 278 g/mol. The summed E-state index contributed by atoms with van der Waals surface area (Å²) in [5.41, 5.74) is 7.04. The van der Waals surface area contributed by atoms with Crippen molar-refractivity contribution < 1.29 is 9.47 Å². The summed E-state index contributed by atoms with van der Waals surface area (Å²) in [6, 6.07) is 6.86. The molecule has 0 bridgehead atoms. The molecule has 0 spiro atoms. The lowest BCUT2D eigenvalue weighted by Crippen LogP contribution is -2.30. The molecule has 2 unspecified atom stereocenters. The van der Waals surface area contributed by atoms with Crippen LogP contribution in [0.3, 0.4) is 0 Å². The normalized spacial score (nSPS) is 13.8. The number of hydrogen-bond acceptors (Lipinski definition) is 4. The number of nitrogens with two attached hydrogens (primary N) is 1. The largest absolute Gasteiger partial charge is 0.493 e. The number of halogens is 1. The van der Waals surface area contributed by atoms with Gasteiger partial charge in [-0.1, -0.05) is 17.7 Å². The van der Waals surface area contributed by atoms with E-state index >= 15 is 0 Å². The lowest BCUT2D eigenvalue weighted by Gasteiger charge is -2.22. The number of rotatable bonds is 5. The van der Waals surface area contributed by atoms with Gasteiger partial charge >= 0.3 is 0 Å². The minimum atomic E-state index is -0.364. The van der Waals surface area contributed by atoms with Crippen LogP contribution in [0.15, 0.2) is 30.5 Å². The Labute approximate surface area is 123 Å². The summed E-state index contributed by atoms with van der Waals surface area (Å²) in [6.07, 6.45) is 1.39. The minimum absolute atomic E-state index is 0.252. The van der Waals surface area contributed by atoms with E-state index in [2.05, 4.69) is 5.10 Å². The van der Waals surface area contributed by atoms with Gasteiger partial charge in [-0.15, -0.1) is 0 Å². The first-order valence-electron chi connectivity index (χ1n) is 6.26. The Kier molecular flexibility index (Phi) is 4.52. The fourth-order valence-corrected chi connectivity index (χ4v) is 2.19. The van der Waals surface area contributed by atoms with Crippen molar-refractivity contribution in [1.29, 1.82) is 0 Å². The van der Waals surface area contributed by atoms with Crippen molar-refractivity contribution in [2.45, 2.75) is 19.1 Å². The number of aromatic nitrogens is 2. The van der Waals surface area contributed by atoms with Crippen molar-refractivity contribution in [1.82, 2.24) is 9.78 Å². The quantitative estimate of drug-likeness (QED) is 0.921. The van der Waals surface area contributed by atoms with Crippen molar-refractivity contribution in [2.75, 3.05) is 7.11 Å². The average molecular weight is 296 g/mol. The van der Waals surface area contributed by atoms with E-state index in [0.717, 1.165) is 5.69 Å². The van der Waals surface area contributed by atoms with E-state index in [9.17, 15) is 0 Å². The third-order valence-corrected chi connectivity index (χ3v) is 3.34. The van der Waals surface area contributed by atoms with Crippen molar-refractivity contribution in [2.24, 2.45) is 12.8 Å². The van der Waals surface area contributed by atoms with Gasteiger partial charge in [0, 0.05) is 12.1 Å². The highest BCUT2D eigenvalue weighted by Gasteiger charge is 2.24. The topological polar surface area (TPSA) is 62.3 Å². The van der Waals surface area contributed by atoms with Gasteiger partial charge in [0.1, 0.15) is 17.5 Å². The van der Waals surface area contributed by atoms with Gasteiger partial charge < -0.3 is 15.2 Å².